The minimum absolute atomic E-state index is 0.0249. The Balaban J connectivity index is 2.57. The predicted molar refractivity (Wildman–Crippen MR) is 76.8 cm³/mol. The zero-order chi connectivity index (χ0) is 14.7. The molecule has 1 aromatic carbocycles. The first-order valence-electron chi connectivity index (χ1n) is 6.69. The molecule has 0 aliphatic heterocycles. The van der Waals surface area contributed by atoms with Crippen LogP contribution in [0.1, 0.15) is 26.1 Å². The number of fused-ring (bicyclic) bond motifs is 1. The van der Waals surface area contributed by atoms with Gasteiger partial charge in [0.2, 0.25) is 0 Å². The average molecular weight is 274 g/mol. The summed E-state index contributed by atoms with van der Waals surface area (Å²) in [6.45, 7) is 4.58. The molecule has 0 aliphatic rings. The molecule has 0 radical (unpaired) electrons. The van der Waals surface area contributed by atoms with E-state index in [2.05, 4.69) is 4.98 Å². The molecule has 0 amide bonds. The van der Waals surface area contributed by atoms with Crippen LogP contribution >= 0.6 is 0 Å². The van der Waals surface area contributed by atoms with Crippen LogP contribution in [0.4, 0.5) is 0 Å². The van der Waals surface area contributed by atoms with Gasteiger partial charge in [0, 0.05) is 13.0 Å². The molecule has 0 atom stereocenters. The van der Waals surface area contributed by atoms with Crippen LogP contribution in [0.5, 0.6) is 0 Å². The molecule has 1 aromatic heterocycles. The molecule has 5 heteroatoms. The highest BCUT2D eigenvalue weighted by Gasteiger charge is 2.12. The number of hydrogen-bond donors (Lipinski definition) is 1. The quantitative estimate of drug-likeness (QED) is 0.906. The van der Waals surface area contributed by atoms with Crippen LogP contribution in [0.3, 0.4) is 0 Å². The molecule has 0 spiro atoms. The van der Waals surface area contributed by atoms with Crippen LogP contribution in [0.25, 0.3) is 10.9 Å². The van der Waals surface area contributed by atoms with Crippen molar-refractivity contribution < 1.29 is 9.90 Å². The summed E-state index contributed by atoms with van der Waals surface area (Å²) < 4.78 is 1.61. The first-order chi connectivity index (χ1) is 9.49. The normalized spacial score (nSPS) is 11.2. The van der Waals surface area contributed by atoms with Crippen molar-refractivity contribution in [3.05, 3.63) is 40.4 Å². The molecular weight excluding hydrogens is 256 g/mol. The monoisotopic (exact) mass is 274 g/mol. The maximum atomic E-state index is 12.5. The van der Waals surface area contributed by atoms with Gasteiger partial charge in [-0.15, -0.1) is 0 Å². The highest BCUT2D eigenvalue weighted by molar-refractivity contribution is 5.77. The van der Waals surface area contributed by atoms with E-state index in [1.54, 1.807) is 16.7 Å². The van der Waals surface area contributed by atoms with Crippen molar-refractivity contribution in [1.29, 1.82) is 0 Å². The molecule has 1 N–H and O–H groups in total. The third kappa shape index (κ3) is 3.04. The summed E-state index contributed by atoms with van der Waals surface area (Å²) in [7, 11) is 0. The zero-order valence-electron chi connectivity index (χ0n) is 11.7. The van der Waals surface area contributed by atoms with Crippen molar-refractivity contribution in [2.24, 2.45) is 5.92 Å². The lowest BCUT2D eigenvalue weighted by molar-refractivity contribution is -0.137. The summed E-state index contributed by atoms with van der Waals surface area (Å²) in [5, 5.41) is 9.39. The minimum Gasteiger partial charge on any atom is -0.481 e. The van der Waals surface area contributed by atoms with Crippen molar-refractivity contribution in [3.63, 3.8) is 0 Å². The molecule has 5 nitrogen and oxygen atoms in total. The SMILES string of the molecule is CC(C)Cn1c(CCC(=O)O)nc2ccccc2c1=O. The smallest absolute Gasteiger partial charge is 0.303 e. The van der Waals surface area contributed by atoms with Crippen LogP contribution in [0.2, 0.25) is 0 Å². The highest BCUT2D eigenvalue weighted by Crippen LogP contribution is 2.11. The fourth-order valence-corrected chi connectivity index (χ4v) is 2.18. The molecule has 0 aliphatic carbocycles. The van der Waals surface area contributed by atoms with E-state index in [0.29, 0.717) is 29.2 Å². The summed E-state index contributed by atoms with van der Waals surface area (Å²) >= 11 is 0. The molecule has 0 unspecified atom stereocenters. The van der Waals surface area contributed by atoms with Gasteiger partial charge in [0.15, 0.2) is 0 Å². The molecule has 20 heavy (non-hydrogen) atoms. The number of carboxylic acids is 1. The van der Waals surface area contributed by atoms with Gasteiger partial charge in [-0.25, -0.2) is 4.98 Å². The molecule has 0 saturated carbocycles. The number of aliphatic carboxylic acids is 1. The standard InChI is InChI=1S/C15H18N2O3/c1-10(2)9-17-13(7-8-14(18)19)16-12-6-4-3-5-11(12)15(17)20/h3-6,10H,7-9H2,1-2H3,(H,18,19). The number of para-hydroxylation sites is 1. The van der Waals surface area contributed by atoms with E-state index in [-0.39, 0.29) is 18.4 Å². The van der Waals surface area contributed by atoms with Gasteiger partial charge in [0.1, 0.15) is 5.82 Å². The summed E-state index contributed by atoms with van der Waals surface area (Å²) in [6.07, 6.45) is 0.241. The fourth-order valence-electron chi connectivity index (χ4n) is 2.18. The summed E-state index contributed by atoms with van der Waals surface area (Å²) in [4.78, 5) is 27.7. The Labute approximate surface area is 116 Å². The van der Waals surface area contributed by atoms with Gasteiger partial charge >= 0.3 is 5.97 Å². The van der Waals surface area contributed by atoms with Gasteiger partial charge in [-0.1, -0.05) is 26.0 Å². The number of rotatable bonds is 5. The maximum absolute atomic E-state index is 12.5. The van der Waals surface area contributed by atoms with Crippen molar-refractivity contribution in [2.75, 3.05) is 0 Å². The predicted octanol–water partition coefficient (Wildman–Crippen LogP) is 2.07. The van der Waals surface area contributed by atoms with Gasteiger partial charge in [0.25, 0.3) is 5.56 Å². The van der Waals surface area contributed by atoms with Gasteiger partial charge in [-0.2, -0.15) is 0 Å². The number of carbonyl (C=O) groups is 1. The van der Waals surface area contributed by atoms with E-state index in [0.717, 1.165) is 0 Å². The Hall–Kier alpha value is -2.17. The van der Waals surface area contributed by atoms with Gasteiger partial charge in [-0.05, 0) is 18.1 Å². The van der Waals surface area contributed by atoms with Crippen molar-refractivity contribution in [1.82, 2.24) is 9.55 Å². The Morgan fingerprint density at radius 1 is 1.35 bits per heavy atom. The third-order valence-electron chi connectivity index (χ3n) is 3.05. The second-order valence-corrected chi connectivity index (χ2v) is 5.25. The molecular formula is C15H18N2O3. The number of nitrogens with zero attached hydrogens (tertiary/aromatic N) is 2. The van der Waals surface area contributed by atoms with E-state index in [4.69, 9.17) is 5.11 Å². The summed E-state index contributed by atoms with van der Waals surface area (Å²) in [5.41, 5.74) is 0.530. The summed E-state index contributed by atoms with van der Waals surface area (Å²) in [6, 6.07) is 7.16. The Morgan fingerprint density at radius 2 is 2.05 bits per heavy atom. The number of benzene rings is 1. The average Bonchev–Trinajstić information content (AvgIpc) is 2.39. The minimum atomic E-state index is -0.886. The zero-order valence-corrected chi connectivity index (χ0v) is 11.7. The van der Waals surface area contributed by atoms with E-state index in [9.17, 15) is 9.59 Å². The topological polar surface area (TPSA) is 72.2 Å². The van der Waals surface area contributed by atoms with Crippen molar-refractivity contribution in [2.45, 2.75) is 33.2 Å². The van der Waals surface area contributed by atoms with Crippen LogP contribution in [-0.2, 0) is 17.8 Å². The largest absolute Gasteiger partial charge is 0.481 e. The molecule has 0 fully saturated rings. The number of aryl methyl sites for hydroxylation is 1. The molecule has 2 aromatic rings. The molecule has 2 rings (SSSR count). The van der Waals surface area contributed by atoms with Crippen LogP contribution in [-0.4, -0.2) is 20.6 Å². The third-order valence-corrected chi connectivity index (χ3v) is 3.05. The second kappa shape index (κ2) is 5.86. The lowest BCUT2D eigenvalue weighted by Gasteiger charge is -2.14. The van der Waals surface area contributed by atoms with Crippen molar-refractivity contribution >= 4 is 16.9 Å². The first-order valence-corrected chi connectivity index (χ1v) is 6.69. The van der Waals surface area contributed by atoms with E-state index < -0.39 is 5.97 Å². The lowest BCUT2D eigenvalue weighted by Crippen LogP contribution is -2.27. The maximum Gasteiger partial charge on any atom is 0.303 e. The van der Waals surface area contributed by atoms with Crippen LogP contribution in [0, 0.1) is 5.92 Å². The molecule has 0 bridgehead atoms. The number of aromatic nitrogens is 2. The molecule has 0 saturated heterocycles. The Morgan fingerprint density at radius 3 is 2.70 bits per heavy atom. The van der Waals surface area contributed by atoms with Gasteiger partial charge in [0.05, 0.1) is 17.3 Å². The van der Waals surface area contributed by atoms with Gasteiger partial charge < -0.3 is 5.11 Å². The number of hydrogen-bond acceptors (Lipinski definition) is 3. The molecule has 1 heterocycles. The lowest BCUT2D eigenvalue weighted by atomic mass is 10.2. The first kappa shape index (κ1) is 14.2. The van der Waals surface area contributed by atoms with E-state index in [1.807, 2.05) is 26.0 Å². The second-order valence-electron chi connectivity index (χ2n) is 5.25. The molecule has 106 valence electrons. The van der Waals surface area contributed by atoms with E-state index >= 15 is 0 Å². The van der Waals surface area contributed by atoms with Gasteiger partial charge in [-0.3, -0.25) is 14.2 Å². The summed E-state index contributed by atoms with van der Waals surface area (Å²) in [5.74, 6) is -0.0486. The highest BCUT2D eigenvalue weighted by atomic mass is 16.4. The van der Waals surface area contributed by atoms with Crippen LogP contribution in [0.15, 0.2) is 29.1 Å². The Kier molecular flexibility index (Phi) is 4.17. The Bertz CT molecular complexity index is 689. The fraction of sp³-hybridized carbons (Fsp3) is 0.400. The van der Waals surface area contributed by atoms with E-state index in [1.165, 1.54) is 0 Å². The number of carboxylic acid groups (broad SMARTS) is 1. The van der Waals surface area contributed by atoms with Crippen molar-refractivity contribution in [3.8, 4) is 0 Å². The van der Waals surface area contributed by atoms with Crippen LogP contribution < -0.4 is 5.56 Å².